The Bertz CT molecular complexity index is 976. The van der Waals surface area contributed by atoms with Gasteiger partial charge in [-0.2, -0.15) is 0 Å². The molecule has 3 aromatic rings. The average molecular weight is 326 g/mol. The van der Waals surface area contributed by atoms with E-state index in [0.29, 0.717) is 21.9 Å². The van der Waals surface area contributed by atoms with Gasteiger partial charge in [0.25, 0.3) is 5.56 Å². The fourth-order valence-electron chi connectivity index (χ4n) is 3.06. The van der Waals surface area contributed by atoms with Crippen LogP contribution in [0.15, 0.2) is 53.3 Å². The van der Waals surface area contributed by atoms with Crippen molar-refractivity contribution in [2.45, 2.75) is 12.3 Å². The molecule has 2 aromatic carbocycles. The zero-order chi connectivity index (χ0) is 16.0. The standard InChI is InChI=1S/C18H12ClNO3/c19-11-7-5-10(6-8-11)13-9-15(21)23-17-12-3-1-2-4-14(12)20-18(22)16(13)17/h1-8,13H,9H2,(H,20,22). The zero-order valence-electron chi connectivity index (χ0n) is 12.0. The summed E-state index contributed by atoms with van der Waals surface area (Å²) in [6, 6.07) is 14.5. The molecule has 4 rings (SSSR count). The van der Waals surface area contributed by atoms with E-state index in [0.717, 1.165) is 10.9 Å². The third-order valence-corrected chi connectivity index (χ3v) is 4.37. The van der Waals surface area contributed by atoms with Gasteiger partial charge in [0, 0.05) is 16.3 Å². The second-order valence-corrected chi connectivity index (χ2v) is 5.96. The van der Waals surface area contributed by atoms with E-state index in [9.17, 15) is 9.59 Å². The van der Waals surface area contributed by atoms with Crippen LogP contribution in [0.25, 0.3) is 10.9 Å². The number of nitrogens with one attached hydrogen (secondary N) is 1. The van der Waals surface area contributed by atoms with Gasteiger partial charge in [0.2, 0.25) is 0 Å². The molecule has 1 N–H and O–H groups in total. The topological polar surface area (TPSA) is 59.2 Å². The van der Waals surface area contributed by atoms with Crippen LogP contribution in [-0.4, -0.2) is 11.0 Å². The minimum atomic E-state index is -0.340. The number of para-hydroxylation sites is 1. The monoisotopic (exact) mass is 325 g/mol. The number of hydrogen-bond acceptors (Lipinski definition) is 3. The number of esters is 1. The molecule has 0 saturated carbocycles. The maximum atomic E-state index is 12.6. The average Bonchev–Trinajstić information content (AvgIpc) is 2.55. The van der Waals surface area contributed by atoms with Crippen LogP contribution in [0.3, 0.4) is 0 Å². The van der Waals surface area contributed by atoms with E-state index in [1.807, 2.05) is 30.3 Å². The highest BCUT2D eigenvalue weighted by Gasteiger charge is 2.32. The number of carbonyl (C=O) groups excluding carboxylic acids is 1. The number of hydrogen-bond donors (Lipinski definition) is 1. The molecular formula is C18H12ClNO3. The quantitative estimate of drug-likeness (QED) is 0.695. The van der Waals surface area contributed by atoms with E-state index in [1.54, 1.807) is 18.2 Å². The molecule has 1 unspecified atom stereocenters. The lowest BCUT2D eigenvalue weighted by molar-refractivity contribution is -0.135. The molecule has 4 nitrogen and oxygen atoms in total. The van der Waals surface area contributed by atoms with E-state index in [2.05, 4.69) is 4.98 Å². The van der Waals surface area contributed by atoms with Crippen LogP contribution < -0.4 is 10.3 Å². The first-order valence-corrected chi connectivity index (χ1v) is 7.62. The van der Waals surface area contributed by atoms with Gasteiger partial charge in [-0.15, -0.1) is 0 Å². The van der Waals surface area contributed by atoms with Gasteiger partial charge in [0.15, 0.2) is 0 Å². The van der Waals surface area contributed by atoms with Crippen molar-refractivity contribution in [1.82, 2.24) is 4.98 Å². The number of rotatable bonds is 1. The van der Waals surface area contributed by atoms with Gasteiger partial charge in [-0.3, -0.25) is 9.59 Å². The number of aromatic nitrogens is 1. The molecule has 0 radical (unpaired) electrons. The lowest BCUT2D eigenvalue weighted by atomic mass is 9.86. The predicted molar refractivity (Wildman–Crippen MR) is 88.1 cm³/mol. The maximum Gasteiger partial charge on any atom is 0.312 e. The summed E-state index contributed by atoms with van der Waals surface area (Å²) in [6.07, 6.45) is 0.135. The fraction of sp³-hybridized carbons (Fsp3) is 0.111. The highest BCUT2D eigenvalue weighted by molar-refractivity contribution is 6.30. The Labute approximate surface area is 136 Å². The number of benzene rings is 2. The summed E-state index contributed by atoms with van der Waals surface area (Å²) < 4.78 is 5.42. The first-order valence-electron chi connectivity index (χ1n) is 7.24. The van der Waals surface area contributed by atoms with E-state index in [4.69, 9.17) is 16.3 Å². The molecule has 0 spiro atoms. The summed E-state index contributed by atoms with van der Waals surface area (Å²) in [7, 11) is 0. The number of fused-ring (bicyclic) bond motifs is 3. The van der Waals surface area contributed by atoms with Crippen molar-refractivity contribution in [2.24, 2.45) is 0 Å². The summed E-state index contributed by atoms with van der Waals surface area (Å²) in [5, 5.41) is 1.34. The Balaban J connectivity index is 2.00. The van der Waals surface area contributed by atoms with Crippen LogP contribution in [0.4, 0.5) is 0 Å². The summed E-state index contributed by atoms with van der Waals surface area (Å²) in [5.41, 5.74) is 1.78. The first-order chi connectivity index (χ1) is 11.1. The van der Waals surface area contributed by atoms with Crippen molar-refractivity contribution in [1.29, 1.82) is 0 Å². The van der Waals surface area contributed by atoms with Crippen LogP contribution in [0, 0.1) is 0 Å². The van der Waals surface area contributed by atoms with Crippen LogP contribution in [0.5, 0.6) is 5.75 Å². The second kappa shape index (κ2) is 5.25. The Morgan fingerprint density at radius 1 is 1.04 bits per heavy atom. The zero-order valence-corrected chi connectivity index (χ0v) is 12.8. The summed E-state index contributed by atoms with van der Waals surface area (Å²) >= 11 is 5.93. The molecule has 114 valence electrons. The van der Waals surface area contributed by atoms with E-state index >= 15 is 0 Å². The molecule has 0 saturated heterocycles. The molecular weight excluding hydrogens is 314 g/mol. The summed E-state index contributed by atoms with van der Waals surface area (Å²) in [6.45, 7) is 0. The van der Waals surface area contributed by atoms with Crippen molar-refractivity contribution < 1.29 is 9.53 Å². The highest BCUT2D eigenvalue weighted by atomic mass is 35.5. The van der Waals surface area contributed by atoms with Crippen LogP contribution in [-0.2, 0) is 4.79 Å². The number of carbonyl (C=O) groups is 1. The van der Waals surface area contributed by atoms with E-state index in [1.165, 1.54) is 0 Å². The second-order valence-electron chi connectivity index (χ2n) is 5.52. The number of aromatic amines is 1. The Kier molecular flexibility index (Phi) is 3.20. The number of H-pyrrole nitrogens is 1. The molecule has 1 atom stereocenters. The number of pyridine rings is 1. The SMILES string of the molecule is O=C1CC(c2ccc(Cl)cc2)c2c(c3ccccc3[nH]c2=O)O1. The number of halogens is 1. The predicted octanol–water partition coefficient (Wildman–Crippen LogP) is 3.62. The molecule has 1 aromatic heterocycles. The molecule has 0 aliphatic carbocycles. The highest BCUT2D eigenvalue weighted by Crippen LogP contribution is 2.40. The molecule has 0 bridgehead atoms. The van der Waals surface area contributed by atoms with Gasteiger partial charge in [-0.05, 0) is 29.8 Å². The van der Waals surface area contributed by atoms with Crippen molar-refractivity contribution >= 4 is 28.5 Å². The molecule has 0 fully saturated rings. The summed E-state index contributed by atoms with van der Waals surface area (Å²) in [5.74, 6) is -0.314. The van der Waals surface area contributed by atoms with Gasteiger partial charge in [-0.1, -0.05) is 35.9 Å². The lowest BCUT2D eigenvalue weighted by Gasteiger charge is -2.25. The Morgan fingerprint density at radius 2 is 1.78 bits per heavy atom. The van der Waals surface area contributed by atoms with Gasteiger partial charge >= 0.3 is 5.97 Å². The van der Waals surface area contributed by atoms with Gasteiger partial charge < -0.3 is 9.72 Å². The summed E-state index contributed by atoms with van der Waals surface area (Å²) in [4.78, 5) is 27.5. The van der Waals surface area contributed by atoms with Crippen LogP contribution in [0.2, 0.25) is 5.02 Å². The van der Waals surface area contributed by atoms with Crippen LogP contribution >= 0.6 is 11.6 Å². The third-order valence-electron chi connectivity index (χ3n) is 4.12. The van der Waals surface area contributed by atoms with E-state index < -0.39 is 0 Å². The molecule has 2 heterocycles. The molecule has 0 amide bonds. The Hall–Kier alpha value is -2.59. The van der Waals surface area contributed by atoms with Crippen LogP contribution in [0.1, 0.15) is 23.5 Å². The molecule has 23 heavy (non-hydrogen) atoms. The molecule has 5 heteroatoms. The smallest absolute Gasteiger partial charge is 0.312 e. The molecule has 1 aliphatic rings. The minimum Gasteiger partial charge on any atom is -0.425 e. The molecule has 1 aliphatic heterocycles. The minimum absolute atomic E-state index is 0.135. The van der Waals surface area contributed by atoms with Gasteiger partial charge in [0.05, 0.1) is 17.5 Å². The first kappa shape index (κ1) is 14.0. The van der Waals surface area contributed by atoms with Gasteiger partial charge in [0.1, 0.15) is 5.75 Å². The lowest BCUT2D eigenvalue weighted by Crippen LogP contribution is -2.28. The van der Waals surface area contributed by atoms with Crippen molar-refractivity contribution in [2.75, 3.05) is 0 Å². The van der Waals surface area contributed by atoms with Crippen molar-refractivity contribution in [3.8, 4) is 5.75 Å². The third kappa shape index (κ3) is 2.32. The van der Waals surface area contributed by atoms with E-state index in [-0.39, 0.29) is 23.9 Å². The number of ether oxygens (including phenoxy) is 1. The largest absolute Gasteiger partial charge is 0.425 e. The van der Waals surface area contributed by atoms with Crippen molar-refractivity contribution in [3.05, 3.63) is 75.0 Å². The maximum absolute atomic E-state index is 12.6. The van der Waals surface area contributed by atoms with Crippen molar-refractivity contribution in [3.63, 3.8) is 0 Å². The van der Waals surface area contributed by atoms with Gasteiger partial charge in [-0.25, -0.2) is 0 Å². The Morgan fingerprint density at radius 3 is 2.57 bits per heavy atom. The fourth-order valence-corrected chi connectivity index (χ4v) is 3.18. The normalized spacial score (nSPS) is 16.9.